The first kappa shape index (κ1) is 13.7. The van der Waals surface area contributed by atoms with Crippen molar-refractivity contribution in [2.24, 2.45) is 0 Å². The zero-order valence-electron chi connectivity index (χ0n) is 9.17. The van der Waals surface area contributed by atoms with Crippen LogP contribution in [0.1, 0.15) is 19.3 Å². The smallest absolute Gasteiger partial charge is 0.395 e. The Hall–Kier alpha value is -0.330. The van der Waals surface area contributed by atoms with Gasteiger partial charge in [-0.05, 0) is 25.8 Å². The van der Waals surface area contributed by atoms with E-state index in [1.54, 1.807) is 0 Å². The van der Waals surface area contributed by atoms with Gasteiger partial charge in [-0.15, -0.1) is 0 Å². The van der Waals surface area contributed by atoms with Crippen LogP contribution in [0.15, 0.2) is 0 Å². The summed E-state index contributed by atoms with van der Waals surface area (Å²) in [7, 11) is 0. The summed E-state index contributed by atoms with van der Waals surface area (Å²) in [6, 6.07) is 0.183. The van der Waals surface area contributed by atoms with Gasteiger partial charge in [-0.1, -0.05) is 0 Å². The SMILES string of the molecule is OC[C@@H]1CCCN1CCCOCC(F)(F)F. The lowest BCUT2D eigenvalue weighted by molar-refractivity contribution is -0.174. The molecule has 6 heteroatoms. The highest BCUT2D eigenvalue weighted by molar-refractivity contribution is 4.77. The summed E-state index contributed by atoms with van der Waals surface area (Å²) in [5, 5.41) is 9.02. The van der Waals surface area contributed by atoms with Crippen LogP contribution >= 0.6 is 0 Å². The first-order chi connectivity index (χ1) is 7.53. The number of aliphatic hydroxyl groups is 1. The number of halogens is 3. The molecule has 96 valence electrons. The highest BCUT2D eigenvalue weighted by atomic mass is 19.4. The van der Waals surface area contributed by atoms with Gasteiger partial charge in [-0.2, -0.15) is 13.2 Å². The molecule has 0 aromatic rings. The molecule has 0 radical (unpaired) electrons. The van der Waals surface area contributed by atoms with Crippen molar-refractivity contribution in [3.63, 3.8) is 0 Å². The molecule has 1 N–H and O–H groups in total. The van der Waals surface area contributed by atoms with E-state index in [9.17, 15) is 13.2 Å². The number of alkyl halides is 3. The van der Waals surface area contributed by atoms with Gasteiger partial charge in [0.05, 0.1) is 6.61 Å². The standard InChI is InChI=1S/C10H18F3NO2/c11-10(12,13)8-16-6-2-5-14-4-1-3-9(14)7-15/h9,15H,1-8H2/t9-/m0/s1. The van der Waals surface area contributed by atoms with E-state index in [-0.39, 0.29) is 19.3 Å². The summed E-state index contributed by atoms with van der Waals surface area (Å²) < 4.78 is 39.7. The van der Waals surface area contributed by atoms with Gasteiger partial charge in [0, 0.05) is 19.2 Å². The van der Waals surface area contributed by atoms with Crippen LogP contribution < -0.4 is 0 Å². The van der Waals surface area contributed by atoms with Gasteiger partial charge in [-0.3, -0.25) is 4.90 Å². The first-order valence-electron chi connectivity index (χ1n) is 5.52. The average Bonchev–Trinajstić information content (AvgIpc) is 2.63. The third-order valence-corrected chi connectivity index (χ3v) is 2.71. The van der Waals surface area contributed by atoms with Crippen molar-refractivity contribution < 1.29 is 23.0 Å². The second-order valence-corrected chi connectivity index (χ2v) is 4.04. The van der Waals surface area contributed by atoms with E-state index in [4.69, 9.17) is 5.11 Å². The number of hydrogen-bond donors (Lipinski definition) is 1. The van der Waals surface area contributed by atoms with Gasteiger partial charge in [-0.25, -0.2) is 0 Å². The second kappa shape index (κ2) is 6.42. The van der Waals surface area contributed by atoms with Gasteiger partial charge >= 0.3 is 6.18 Å². The van der Waals surface area contributed by atoms with Crippen molar-refractivity contribution in [3.8, 4) is 0 Å². The minimum atomic E-state index is -4.23. The van der Waals surface area contributed by atoms with Crippen LogP contribution in [0.3, 0.4) is 0 Å². The maximum absolute atomic E-state index is 11.7. The highest BCUT2D eigenvalue weighted by Crippen LogP contribution is 2.17. The molecule has 1 atom stereocenters. The molecule has 0 aromatic heterocycles. The Kier molecular flexibility index (Phi) is 5.51. The molecule has 1 aliphatic heterocycles. The molecule has 16 heavy (non-hydrogen) atoms. The largest absolute Gasteiger partial charge is 0.411 e. The van der Waals surface area contributed by atoms with Gasteiger partial charge in [0.1, 0.15) is 6.61 Å². The van der Waals surface area contributed by atoms with Crippen LogP contribution in [0.2, 0.25) is 0 Å². The van der Waals surface area contributed by atoms with Crippen molar-refractivity contribution in [1.82, 2.24) is 4.90 Å². The molecule has 1 saturated heterocycles. The Morgan fingerprint density at radius 1 is 1.38 bits per heavy atom. The molecule has 1 aliphatic rings. The van der Waals surface area contributed by atoms with Crippen LogP contribution in [0.5, 0.6) is 0 Å². The number of hydrogen-bond acceptors (Lipinski definition) is 3. The van der Waals surface area contributed by atoms with E-state index >= 15 is 0 Å². The van der Waals surface area contributed by atoms with E-state index in [1.807, 2.05) is 0 Å². The molecular weight excluding hydrogens is 223 g/mol. The number of nitrogens with zero attached hydrogens (tertiary/aromatic N) is 1. The minimum absolute atomic E-state index is 0.119. The molecule has 1 heterocycles. The monoisotopic (exact) mass is 241 g/mol. The molecular formula is C10H18F3NO2. The third kappa shape index (κ3) is 5.14. The maximum Gasteiger partial charge on any atom is 0.411 e. The van der Waals surface area contributed by atoms with Crippen LogP contribution in [-0.2, 0) is 4.74 Å². The summed E-state index contributed by atoms with van der Waals surface area (Å²) in [6.07, 6.45) is -1.64. The molecule has 1 rings (SSSR count). The van der Waals surface area contributed by atoms with Crippen LogP contribution in [0.4, 0.5) is 13.2 Å². The highest BCUT2D eigenvalue weighted by Gasteiger charge is 2.27. The predicted octanol–water partition coefficient (Wildman–Crippen LogP) is 1.41. The summed E-state index contributed by atoms with van der Waals surface area (Å²) >= 11 is 0. The third-order valence-electron chi connectivity index (χ3n) is 2.71. The number of aliphatic hydroxyl groups excluding tert-OH is 1. The molecule has 0 bridgehead atoms. The summed E-state index contributed by atoms with van der Waals surface area (Å²) in [5.41, 5.74) is 0. The molecule has 1 fully saturated rings. The average molecular weight is 241 g/mol. The predicted molar refractivity (Wildman–Crippen MR) is 53.2 cm³/mol. The normalized spacial score (nSPS) is 22.9. The van der Waals surface area contributed by atoms with Crippen LogP contribution in [-0.4, -0.2) is 55.1 Å². The van der Waals surface area contributed by atoms with Crippen molar-refractivity contribution in [1.29, 1.82) is 0 Å². The van der Waals surface area contributed by atoms with E-state index < -0.39 is 12.8 Å². The van der Waals surface area contributed by atoms with Gasteiger partial charge in [0.25, 0.3) is 0 Å². The molecule has 0 aromatic carbocycles. The second-order valence-electron chi connectivity index (χ2n) is 4.04. The lowest BCUT2D eigenvalue weighted by Gasteiger charge is -2.22. The van der Waals surface area contributed by atoms with Crippen molar-refractivity contribution in [3.05, 3.63) is 0 Å². The maximum atomic E-state index is 11.7. The topological polar surface area (TPSA) is 32.7 Å². The molecule has 0 saturated carbocycles. The van der Waals surface area contributed by atoms with Gasteiger partial charge in [0.2, 0.25) is 0 Å². The molecule has 3 nitrogen and oxygen atoms in total. The fourth-order valence-electron chi connectivity index (χ4n) is 1.95. The Labute approximate surface area is 93.2 Å². The van der Waals surface area contributed by atoms with Crippen molar-refractivity contribution >= 4 is 0 Å². The Morgan fingerprint density at radius 2 is 2.12 bits per heavy atom. The lowest BCUT2D eigenvalue weighted by atomic mass is 10.2. The summed E-state index contributed by atoms with van der Waals surface area (Å²) in [5.74, 6) is 0. The van der Waals surface area contributed by atoms with Crippen LogP contribution in [0, 0.1) is 0 Å². The first-order valence-corrected chi connectivity index (χ1v) is 5.52. The van der Waals surface area contributed by atoms with Crippen molar-refractivity contribution in [2.75, 3.05) is 32.9 Å². The lowest BCUT2D eigenvalue weighted by Crippen LogP contribution is -2.33. The van der Waals surface area contributed by atoms with E-state index in [0.29, 0.717) is 13.0 Å². The van der Waals surface area contributed by atoms with Gasteiger partial charge in [0.15, 0.2) is 0 Å². The number of rotatable bonds is 6. The van der Waals surface area contributed by atoms with Crippen LogP contribution in [0.25, 0.3) is 0 Å². The molecule has 0 amide bonds. The fraction of sp³-hybridized carbons (Fsp3) is 1.00. The Balaban J connectivity index is 2.03. The van der Waals surface area contributed by atoms with E-state index in [1.165, 1.54) is 0 Å². The number of ether oxygens (including phenoxy) is 1. The fourth-order valence-corrected chi connectivity index (χ4v) is 1.95. The molecule has 0 aliphatic carbocycles. The summed E-state index contributed by atoms with van der Waals surface area (Å²) in [6.45, 7) is 0.696. The van der Waals surface area contributed by atoms with Crippen molar-refractivity contribution in [2.45, 2.75) is 31.5 Å². The summed E-state index contributed by atoms with van der Waals surface area (Å²) in [4.78, 5) is 2.11. The Bertz CT molecular complexity index is 199. The zero-order valence-corrected chi connectivity index (χ0v) is 9.17. The number of likely N-dealkylation sites (tertiary alicyclic amines) is 1. The minimum Gasteiger partial charge on any atom is -0.395 e. The molecule has 0 unspecified atom stereocenters. The Morgan fingerprint density at radius 3 is 2.75 bits per heavy atom. The zero-order chi connectivity index (χ0) is 12.0. The van der Waals surface area contributed by atoms with Gasteiger partial charge < -0.3 is 9.84 Å². The quantitative estimate of drug-likeness (QED) is 0.714. The van der Waals surface area contributed by atoms with E-state index in [2.05, 4.69) is 9.64 Å². The molecule has 0 spiro atoms. The van der Waals surface area contributed by atoms with E-state index in [0.717, 1.165) is 19.4 Å².